The average Bonchev–Trinajstić information content (AvgIpc) is 2.52. The van der Waals surface area contributed by atoms with Gasteiger partial charge < -0.3 is 10.1 Å². The minimum Gasteiger partial charge on any atom is -0.455 e. The van der Waals surface area contributed by atoms with Crippen LogP contribution in [0.4, 0.5) is 10.1 Å². The van der Waals surface area contributed by atoms with Gasteiger partial charge in [0.25, 0.3) is 5.91 Å². The number of nitrogens with one attached hydrogen (secondary N) is 1. The fraction of sp³-hybridized carbons (Fsp3) is 0.176. The zero-order valence-corrected chi connectivity index (χ0v) is 17.0. The Morgan fingerprint density at radius 1 is 1.24 bits per heavy atom. The first-order valence-electron chi connectivity index (χ1n) is 7.12. The number of ether oxygens (including phenoxy) is 1. The topological polar surface area (TPSA) is 55.4 Å². The van der Waals surface area contributed by atoms with Crippen LogP contribution in [0.2, 0.25) is 5.02 Å². The molecule has 2 aromatic rings. The van der Waals surface area contributed by atoms with Crippen LogP contribution in [0.25, 0.3) is 0 Å². The Bertz CT molecular complexity index is 786. The lowest BCUT2D eigenvalue weighted by molar-refractivity contribution is -0.146. The second-order valence-electron chi connectivity index (χ2n) is 5.19. The zero-order chi connectivity index (χ0) is 18.6. The second-order valence-corrected chi connectivity index (χ2v) is 7.31. The van der Waals surface area contributed by atoms with Gasteiger partial charge in [-0.1, -0.05) is 17.7 Å². The monoisotopic (exact) mass is 491 g/mol. The molecular weight excluding hydrogens is 480 g/mol. The molecule has 0 radical (unpaired) electrons. The number of amides is 1. The summed E-state index contributed by atoms with van der Waals surface area (Å²) in [5.41, 5.74) is 1.58. The van der Waals surface area contributed by atoms with E-state index in [-0.39, 0.29) is 17.0 Å². The lowest BCUT2D eigenvalue weighted by Gasteiger charge is -2.11. The normalized spacial score (nSPS) is 10.4. The number of halogens is 4. The van der Waals surface area contributed by atoms with E-state index in [2.05, 4.69) is 37.2 Å². The maximum atomic E-state index is 13.6. The third-order valence-electron chi connectivity index (χ3n) is 3.20. The van der Waals surface area contributed by atoms with Gasteiger partial charge in [-0.25, -0.2) is 4.39 Å². The Morgan fingerprint density at radius 2 is 1.88 bits per heavy atom. The quantitative estimate of drug-likeness (QED) is 0.594. The Labute approximate surface area is 166 Å². The number of carbonyl (C=O) groups excluding carboxylic acids is 2. The molecule has 0 aliphatic carbocycles. The summed E-state index contributed by atoms with van der Waals surface area (Å²) in [5.74, 6) is -1.86. The molecule has 2 aromatic carbocycles. The number of esters is 1. The zero-order valence-electron chi connectivity index (χ0n) is 13.0. The Balaban J connectivity index is 1.93. The highest BCUT2D eigenvalue weighted by Gasteiger charge is 2.15. The number of carbonyl (C=O) groups is 2. The number of aryl methyl sites for hydroxylation is 1. The van der Waals surface area contributed by atoms with Gasteiger partial charge in [-0.2, -0.15) is 0 Å². The lowest BCUT2D eigenvalue weighted by atomic mass is 10.1. The van der Waals surface area contributed by atoms with Crippen LogP contribution in [0.5, 0.6) is 0 Å². The third kappa shape index (κ3) is 5.52. The average molecular weight is 494 g/mol. The molecule has 0 heterocycles. The minimum atomic E-state index is -0.746. The van der Waals surface area contributed by atoms with Gasteiger partial charge in [0.2, 0.25) is 0 Å². The van der Waals surface area contributed by atoms with Gasteiger partial charge in [0.15, 0.2) is 6.61 Å². The van der Waals surface area contributed by atoms with Crippen molar-refractivity contribution in [3.8, 4) is 0 Å². The fourth-order valence-corrected chi connectivity index (χ4v) is 3.88. The molecular formula is C17H13Br2ClFNO3. The van der Waals surface area contributed by atoms with E-state index in [1.807, 2.05) is 19.1 Å². The molecule has 1 N–H and O–H groups in total. The van der Waals surface area contributed by atoms with Crippen molar-refractivity contribution in [1.82, 2.24) is 0 Å². The van der Waals surface area contributed by atoms with E-state index in [0.717, 1.165) is 5.56 Å². The van der Waals surface area contributed by atoms with E-state index < -0.39 is 24.3 Å². The standard InChI is InChI=1S/C17H13Br2ClFNO3/c1-9-5-11(18)17(12(19)6-9)22-15(23)8-25-16(24)7-10-13(20)3-2-4-14(10)21/h2-6H,7-8H2,1H3,(H,22,23). The van der Waals surface area contributed by atoms with Gasteiger partial charge in [-0.15, -0.1) is 0 Å². The van der Waals surface area contributed by atoms with Crippen LogP contribution in [-0.2, 0) is 20.7 Å². The SMILES string of the molecule is Cc1cc(Br)c(NC(=O)COC(=O)Cc2c(F)cccc2Cl)c(Br)c1. The van der Waals surface area contributed by atoms with E-state index in [4.69, 9.17) is 16.3 Å². The highest BCUT2D eigenvalue weighted by Crippen LogP contribution is 2.32. The summed E-state index contributed by atoms with van der Waals surface area (Å²) >= 11 is 12.6. The summed E-state index contributed by atoms with van der Waals surface area (Å²) < 4.78 is 19.9. The summed E-state index contributed by atoms with van der Waals surface area (Å²) in [5, 5.41) is 2.77. The van der Waals surface area contributed by atoms with Crippen molar-refractivity contribution in [3.63, 3.8) is 0 Å². The van der Waals surface area contributed by atoms with Gasteiger partial charge in [0, 0.05) is 19.5 Å². The van der Waals surface area contributed by atoms with Crippen molar-refractivity contribution in [2.24, 2.45) is 0 Å². The van der Waals surface area contributed by atoms with Crippen molar-refractivity contribution in [2.75, 3.05) is 11.9 Å². The molecule has 25 heavy (non-hydrogen) atoms. The van der Waals surface area contributed by atoms with Crippen LogP contribution in [-0.4, -0.2) is 18.5 Å². The van der Waals surface area contributed by atoms with E-state index >= 15 is 0 Å². The van der Waals surface area contributed by atoms with Crippen molar-refractivity contribution in [2.45, 2.75) is 13.3 Å². The molecule has 1 amide bonds. The number of hydrogen-bond acceptors (Lipinski definition) is 3. The number of hydrogen-bond donors (Lipinski definition) is 1. The maximum Gasteiger partial charge on any atom is 0.310 e. The highest BCUT2D eigenvalue weighted by molar-refractivity contribution is 9.11. The van der Waals surface area contributed by atoms with Crippen LogP contribution in [0.15, 0.2) is 39.3 Å². The van der Waals surface area contributed by atoms with Gasteiger partial charge in [-0.3, -0.25) is 9.59 Å². The molecule has 0 atom stereocenters. The van der Waals surface area contributed by atoms with Gasteiger partial charge in [0.1, 0.15) is 5.82 Å². The molecule has 0 fully saturated rings. The van der Waals surface area contributed by atoms with Crippen LogP contribution in [0, 0.1) is 12.7 Å². The van der Waals surface area contributed by atoms with Crippen LogP contribution in [0.3, 0.4) is 0 Å². The fourth-order valence-electron chi connectivity index (χ4n) is 2.04. The predicted molar refractivity (Wildman–Crippen MR) is 101 cm³/mol. The van der Waals surface area contributed by atoms with Crippen LogP contribution in [0.1, 0.15) is 11.1 Å². The largest absolute Gasteiger partial charge is 0.455 e. The maximum absolute atomic E-state index is 13.6. The molecule has 0 saturated heterocycles. The smallest absolute Gasteiger partial charge is 0.310 e. The first kappa shape index (κ1) is 19.9. The molecule has 2 rings (SSSR count). The summed E-state index contributed by atoms with van der Waals surface area (Å²) in [6.45, 7) is 1.43. The summed E-state index contributed by atoms with van der Waals surface area (Å²) in [7, 11) is 0. The summed E-state index contributed by atoms with van der Waals surface area (Å²) in [6, 6.07) is 7.80. The third-order valence-corrected chi connectivity index (χ3v) is 4.80. The molecule has 8 heteroatoms. The van der Waals surface area contributed by atoms with Crippen molar-refractivity contribution in [3.05, 3.63) is 61.2 Å². The lowest BCUT2D eigenvalue weighted by Crippen LogP contribution is -2.22. The molecule has 0 saturated carbocycles. The second kappa shape index (κ2) is 8.78. The molecule has 0 aliphatic rings. The minimum absolute atomic E-state index is 0.0404. The van der Waals surface area contributed by atoms with E-state index in [1.165, 1.54) is 18.2 Å². The molecule has 0 unspecified atom stereocenters. The molecule has 132 valence electrons. The molecule has 0 bridgehead atoms. The highest BCUT2D eigenvalue weighted by atomic mass is 79.9. The van der Waals surface area contributed by atoms with Gasteiger partial charge in [0.05, 0.1) is 12.1 Å². The first-order valence-corrected chi connectivity index (χ1v) is 9.08. The van der Waals surface area contributed by atoms with Crippen LogP contribution < -0.4 is 5.32 Å². The first-order chi connectivity index (χ1) is 11.8. The van der Waals surface area contributed by atoms with Crippen molar-refractivity contribution < 1.29 is 18.7 Å². The Kier molecular flexibility index (Phi) is 6.98. The van der Waals surface area contributed by atoms with Crippen LogP contribution >= 0.6 is 43.5 Å². The van der Waals surface area contributed by atoms with Crippen molar-refractivity contribution in [1.29, 1.82) is 0 Å². The Morgan fingerprint density at radius 3 is 2.48 bits per heavy atom. The van der Waals surface area contributed by atoms with E-state index in [9.17, 15) is 14.0 Å². The molecule has 0 aromatic heterocycles. The van der Waals surface area contributed by atoms with Crippen molar-refractivity contribution >= 4 is 61.0 Å². The summed E-state index contributed by atoms with van der Waals surface area (Å²) in [6.07, 6.45) is -0.350. The number of anilines is 1. The summed E-state index contributed by atoms with van der Waals surface area (Å²) in [4.78, 5) is 23.8. The predicted octanol–water partition coefficient (Wildman–Crippen LogP) is 5.04. The Hall–Kier alpha value is -1.44. The molecule has 4 nitrogen and oxygen atoms in total. The number of rotatable bonds is 5. The molecule has 0 spiro atoms. The van der Waals surface area contributed by atoms with Gasteiger partial charge >= 0.3 is 5.97 Å². The van der Waals surface area contributed by atoms with E-state index in [0.29, 0.717) is 14.6 Å². The van der Waals surface area contributed by atoms with E-state index in [1.54, 1.807) is 0 Å². The number of benzene rings is 2. The van der Waals surface area contributed by atoms with Gasteiger partial charge in [-0.05, 0) is 68.6 Å². The molecule has 0 aliphatic heterocycles.